The van der Waals surface area contributed by atoms with E-state index in [1.54, 1.807) is 23.4 Å². The Bertz CT molecular complexity index is 414. The molecule has 0 aromatic carbocycles. The van der Waals surface area contributed by atoms with E-state index in [0.29, 0.717) is 31.5 Å². The van der Waals surface area contributed by atoms with Crippen molar-refractivity contribution in [3.63, 3.8) is 0 Å². The second kappa shape index (κ2) is 5.82. The van der Waals surface area contributed by atoms with Crippen LogP contribution in [0.2, 0.25) is 0 Å². The number of amides is 1. The summed E-state index contributed by atoms with van der Waals surface area (Å²) < 4.78 is 0. The van der Waals surface area contributed by atoms with E-state index in [2.05, 4.69) is 10.3 Å². The molecule has 2 heterocycles. The van der Waals surface area contributed by atoms with Gasteiger partial charge >= 0.3 is 0 Å². The van der Waals surface area contributed by atoms with Crippen molar-refractivity contribution >= 4 is 11.6 Å². The minimum absolute atomic E-state index is 0.0141. The number of carbonyl (C=O) groups excluding carboxylic acids is 1. The average Bonchev–Trinajstić information content (AvgIpc) is 2.40. The number of aliphatic hydroxyl groups excluding tert-OH is 1. The van der Waals surface area contributed by atoms with Gasteiger partial charge in [-0.25, -0.2) is 0 Å². The van der Waals surface area contributed by atoms with Crippen molar-refractivity contribution in [2.24, 2.45) is 0 Å². The minimum Gasteiger partial charge on any atom is -0.393 e. The lowest BCUT2D eigenvalue weighted by Crippen LogP contribution is -2.40. The maximum atomic E-state index is 12.4. The highest BCUT2D eigenvalue weighted by molar-refractivity contribution is 5.99. The summed E-state index contributed by atoms with van der Waals surface area (Å²) in [6.45, 7) is 3.98. The molecule has 5 heteroatoms. The molecule has 0 spiro atoms. The number of rotatable bonds is 3. The van der Waals surface area contributed by atoms with Gasteiger partial charge in [0.15, 0.2) is 0 Å². The van der Waals surface area contributed by atoms with E-state index in [1.165, 1.54) is 0 Å². The molecule has 1 aliphatic heterocycles. The van der Waals surface area contributed by atoms with Gasteiger partial charge in [0, 0.05) is 25.8 Å². The number of nitrogens with one attached hydrogen (secondary N) is 1. The predicted molar refractivity (Wildman–Crippen MR) is 69.5 cm³/mol. The zero-order valence-electron chi connectivity index (χ0n) is 10.6. The van der Waals surface area contributed by atoms with Crippen molar-refractivity contribution in [2.75, 3.05) is 25.0 Å². The zero-order chi connectivity index (χ0) is 13.0. The van der Waals surface area contributed by atoms with Crippen LogP contribution in [-0.2, 0) is 0 Å². The first-order valence-corrected chi connectivity index (χ1v) is 6.37. The first kappa shape index (κ1) is 12.8. The molecule has 0 radical (unpaired) electrons. The fraction of sp³-hybridized carbons (Fsp3) is 0.538. The smallest absolute Gasteiger partial charge is 0.256 e. The number of hydrogen-bond donors (Lipinski definition) is 2. The molecule has 1 saturated heterocycles. The van der Waals surface area contributed by atoms with E-state index in [1.807, 2.05) is 6.92 Å². The van der Waals surface area contributed by atoms with Crippen LogP contribution in [0.5, 0.6) is 0 Å². The fourth-order valence-electron chi connectivity index (χ4n) is 2.15. The lowest BCUT2D eigenvalue weighted by atomic mass is 10.1. The predicted octanol–water partition coefficient (Wildman–Crippen LogP) is 1.11. The molecule has 5 nitrogen and oxygen atoms in total. The van der Waals surface area contributed by atoms with Gasteiger partial charge in [-0.3, -0.25) is 9.78 Å². The second-order valence-corrected chi connectivity index (χ2v) is 4.47. The Morgan fingerprint density at radius 2 is 2.28 bits per heavy atom. The first-order chi connectivity index (χ1) is 8.72. The van der Waals surface area contributed by atoms with Crippen LogP contribution in [0.25, 0.3) is 0 Å². The van der Waals surface area contributed by atoms with E-state index in [-0.39, 0.29) is 12.0 Å². The number of hydrogen-bond acceptors (Lipinski definition) is 4. The van der Waals surface area contributed by atoms with Crippen LogP contribution in [0.15, 0.2) is 18.5 Å². The van der Waals surface area contributed by atoms with Crippen LogP contribution in [-0.4, -0.2) is 46.6 Å². The average molecular weight is 249 g/mol. The molecular weight excluding hydrogens is 230 g/mol. The monoisotopic (exact) mass is 249 g/mol. The van der Waals surface area contributed by atoms with Crippen molar-refractivity contribution in [2.45, 2.75) is 25.9 Å². The number of aliphatic hydroxyl groups is 1. The van der Waals surface area contributed by atoms with E-state index < -0.39 is 0 Å². The molecule has 98 valence electrons. The molecule has 0 atom stereocenters. The van der Waals surface area contributed by atoms with Gasteiger partial charge in [0.05, 0.1) is 23.6 Å². The Labute approximate surface area is 107 Å². The van der Waals surface area contributed by atoms with E-state index in [0.717, 1.165) is 12.2 Å². The third-order valence-electron chi connectivity index (χ3n) is 3.17. The lowest BCUT2D eigenvalue weighted by molar-refractivity contribution is 0.0547. The van der Waals surface area contributed by atoms with Gasteiger partial charge in [0.25, 0.3) is 5.91 Å². The van der Waals surface area contributed by atoms with Gasteiger partial charge in [0.1, 0.15) is 0 Å². The summed E-state index contributed by atoms with van der Waals surface area (Å²) >= 11 is 0. The Morgan fingerprint density at radius 3 is 2.94 bits per heavy atom. The van der Waals surface area contributed by atoms with Crippen molar-refractivity contribution in [3.8, 4) is 0 Å². The second-order valence-electron chi connectivity index (χ2n) is 4.47. The van der Waals surface area contributed by atoms with Gasteiger partial charge in [0.2, 0.25) is 0 Å². The maximum absolute atomic E-state index is 12.4. The van der Waals surface area contributed by atoms with Gasteiger partial charge in [-0.2, -0.15) is 0 Å². The Kier molecular flexibility index (Phi) is 4.15. The third-order valence-corrected chi connectivity index (χ3v) is 3.17. The molecule has 2 N–H and O–H groups in total. The van der Waals surface area contributed by atoms with Crippen LogP contribution >= 0.6 is 0 Å². The van der Waals surface area contributed by atoms with Crippen LogP contribution in [0.4, 0.5) is 5.69 Å². The molecule has 18 heavy (non-hydrogen) atoms. The maximum Gasteiger partial charge on any atom is 0.256 e. The highest BCUT2D eigenvalue weighted by atomic mass is 16.3. The summed E-state index contributed by atoms with van der Waals surface area (Å²) in [6.07, 6.45) is 4.36. The summed E-state index contributed by atoms with van der Waals surface area (Å²) in [5, 5.41) is 12.6. The lowest BCUT2D eigenvalue weighted by Gasteiger charge is -2.30. The number of anilines is 1. The molecule has 0 saturated carbocycles. The summed E-state index contributed by atoms with van der Waals surface area (Å²) in [5.74, 6) is 0.0141. The summed E-state index contributed by atoms with van der Waals surface area (Å²) in [6, 6.07) is 1.74. The Balaban J connectivity index is 2.13. The van der Waals surface area contributed by atoms with Crippen molar-refractivity contribution in [1.29, 1.82) is 0 Å². The normalized spacial score (nSPS) is 16.7. The number of aromatic nitrogens is 1. The SMILES string of the molecule is CCNc1cnccc1C(=O)N1CCC(O)CC1. The van der Waals surface area contributed by atoms with E-state index in [9.17, 15) is 9.90 Å². The summed E-state index contributed by atoms with van der Waals surface area (Å²) in [5.41, 5.74) is 1.43. The van der Waals surface area contributed by atoms with Crippen molar-refractivity contribution < 1.29 is 9.90 Å². The van der Waals surface area contributed by atoms with Crippen LogP contribution in [0.3, 0.4) is 0 Å². The topological polar surface area (TPSA) is 65.5 Å². The molecule has 1 aromatic rings. The number of pyridine rings is 1. The molecule has 1 fully saturated rings. The van der Waals surface area contributed by atoms with E-state index in [4.69, 9.17) is 0 Å². The highest BCUT2D eigenvalue weighted by Crippen LogP contribution is 2.19. The minimum atomic E-state index is -0.264. The Hall–Kier alpha value is -1.62. The highest BCUT2D eigenvalue weighted by Gasteiger charge is 2.23. The van der Waals surface area contributed by atoms with Crippen molar-refractivity contribution in [1.82, 2.24) is 9.88 Å². The van der Waals surface area contributed by atoms with Gasteiger partial charge < -0.3 is 15.3 Å². The standard InChI is InChI=1S/C13H19N3O2/c1-2-15-12-9-14-6-3-11(12)13(18)16-7-4-10(17)5-8-16/h3,6,9-10,15,17H,2,4-5,7-8H2,1H3. The first-order valence-electron chi connectivity index (χ1n) is 6.37. The molecule has 0 unspecified atom stereocenters. The number of piperidine rings is 1. The molecule has 2 rings (SSSR count). The molecule has 0 aliphatic carbocycles. The number of carbonyl (C=O) groups is 1. The van der Waals surface area contributed by atoms with Crippen LogP contribution in [0.1, 0.15) is 30.1 Å². The third kappa shape index (κ3) is 2.79. The molecule has 1 amide bonds. The quantitative estimate of drug-likeness (QED) is 0.842. The molecule has 1 aromatic heterocycles. The van der Waals surface area contributed by atoms with Gasteiger partial charge in [-0.1, -0.05) is 0 Å². The molecule has 1 aliphatic rings. The zero-order valence-corrected chi connectivity index (χ0v) is 10.6. The van der Waals surface area contributed by atoms with Gasteiger partial charge in [-0.05, 0) is 25.8 Å². The molecular formula is C13H19N3O2. The Morgan fingerprint density at radius 1 is 1.56 bits per heavy atom. The number of nitrogens with zero attached hydrogens (tertiary/aromatic N) is 2. The summed E-state index contributed by atoms with van der Waals surface area (Å²) in [4.78, 5) is 18.2. The summed E-state index contributed by atoms with van der Waals surface area (Å²) in [7, 11) is 0. The van der Waals surface area contributed by atoms with Crippen LogP contribution < -0.4 is 5.32 Å². The fourth-order valence-corrected chi connectivity index (χ4v) is 2.15. The largest absolute Gasteiger partial charge is 0.393 e. The molecule has 0 bridgehead atoms. The number of likely N-dealkylation sites (tertiary alicyclic amines) is 1. The van der Waals surface area contributed by atoms with Gasteiger partial charge in [-0.15, -0.1) is 0 Å². The van der Waals surface area contributed by atoms with Crippen LogP contribution in [0, 0.1) is 0 Å². The van der Waals surface area contributed by atoms with E-state index >= 15 is 0 Å². The van der Waals surface area contributed by atoms with Crippen molar-refractivity contribution in [3.05, 3.63) is 24.0 Å².